The molecule has 2 N–H and O–H groups in total. The summed E-state index contributed by atoms with van der Waals surface area (Å²) in [6.45, 7) is 14.5. The Bertz CT molecular complexity index is 1920. The summed E-state index contributed by atoms with van der Waals surface area (Å²) in [6.07, 6.45) is 7.67. The molecule has 0 radical (unpaired) electrons. The van der Waals surface area contributed by atoms with Gasteiger partial charge in [0.15, 0.2) is 0 Å². The van der Waals surface area contributed by atoms with Gasteiger partial charge in [0.05, 0.1) is 52.5 Å². The first kappa shape index (κ1) is 58.8. The van der Waals surface area contributed by atoms with E-state index in [4.69, 9.17) is 43.2 Å². The summed E-state index contributed by atoms with van der Waals surface area (Å²) >= 11 is 24.0. The lowest BCUT2D eigenvalue weighted by molar-refractivity contribution is -0.118. The van der Waals surface area contributed by atoms with Crippen molar-refractivity contribution in [2.24, 2.45) is 0 Å². The van der Waals surface area contributed by atoms with Gasteiger partial charge in [0.25, 0.3) is 0 Å². The summed E-state index contributed by atoms with van der Waals surface area (Å²) in [5.74, 6) is -0.0445. The maximum absolute atomic E-state index is 12.2. The van der Waals surface area contributed by atoms with E-state index in [-0.39, 0.29) is 48.5 Å². The first-order valence-electron chi connectivity index (χ1n) is 20.9. The summed E-state index contributed by atoms with van der Waals surface area (Å²) in [4.78, 5) is 27.8. The number of nitrogens with zero attached hydrogens (tertiary/aromatic N) is 4. The van der Waals surface area contributed by atoms with Gasteiger partial charge < -0.3 is 19.7 Å². The van der Waals surface area contributed by atoms with Crippen LogP contribution in [-0.2, 0) is 44.7 Å². The Morgan fingerprint density at radius 3 is 1.08 bits per heavy atom. The number of anilines is 2. The molecule has 0 aliphatic carbocycles. The van der Waals surface area contributed by atoms with Gasteiger partial charge in [-0.3, -0.25) is 19.4 Å². The fraction of sp³-hybridized carbons (Fsp3) is 0.417. The molecular formula is C48H58Br4Cl2N4O6. The molecule has 0 aliphatic rings. The quantitative estimate of drug-likeness (QED) is 0.0569. The van der Waals surface area contributed by atoms with Crippen molar-refractivity contribution in [3.8, 4) is 23.6 Å². The molecule has 64 heavy (non-hydrogen) atoms. The number of carbonyl (C=O) groups is 2. The Morgan fingerprint density at radius 1 is 0.578 bits per heavy atom. The number of aromatic hydroxyl groups is 2. The van der Waals surface area contributed by atoms with Crippen LogP contribution in [0.1, 0.15) is 101 Å². The molecule has 0 aromatic heterocycles. The summed E-state index contributed by atoms with van der Waals surface area (Å²) in [5.41, 5.74) is 7.59. The monoisotopic (exact) mass is 1170 g/mol. The molecule has 0 saturated carbocycles. The van der Waals surface area contributed by atoms with Crippen molar-refractivity contribution >= 4 is 110 Å². The number of ether oxygens (including phenoxy) is 2. The van der Waals surface area contributed by atoms with Crippen molar-refractivity contribution in [1.82, 2.24) is 0 Å². The van der Waals surface area contributed by atoms with Crippen LogP contribution in [-0.4, -0.2) is 60.5 Å². The van der Waals surface area contributed by atoms with Gasteiger partial charge in [-0.15, -0.1) is 23.2 Å². The molecule has 4 aromatic carbocycles. The number of rotatable bonds is 18. The van der Waals surface area contributed by atoms with Crippen molar-refractivity contribution in [3.05, 3.63) is 112 Å². The number of para-hydroxylation sites is 2. The molecule has 0 bridgehead atoms. The molecule has 0 fully saturated rings. The van der Waals surface area contributed by atoms with Crippen molar-refractivity contribution < 1.29 is 29.3 Å². The third-order valence-electron chi connectivity index (χ3n) is 9.32. The molecule has 348 valence electrons. The highest BCUT2D eigenvalue weighted by molar-refractivity contribution is 9.11. The van der Waals surface area contributed by atoms with E-state index >= 15 is 0 Å². The number of benzene rings is 4. The first-order chi connectivity index (χ1) is 30.7. The Kier molecular flexibility index (Phi) is 30.6. The molecule has 0 heterocycles. The van der Waals surface area contributed by atoms with Gasteiger partial charge in [-0.2, -0.15) is 10.5 Å². The molecule has 16 heteroatoms. The third-order valence-corrected chi connectivity index (χ3v) is 12.2. The predicted molar refractivity (Wildman–Crippen MR) is 275 cm³/mol. The average Bonchev–Trinajstić information content (AvgIpc) is 3.31. The molecule has 0 atom stereocenters. The van der Waals surface area contributed by atoms with Crippen LogP contribution in [0.2, 0.25) is 0 Å². The van der Waals surface area contributed by atoms with Crippen molar-refractivity contribution in [2.75, 3.05) is 48.2 Å². The zero-order chi connectivity index (χ0) is 48.2. The standard InChI is InChI=1S/2C17H26ClNO2.2C7H3Br2NO/c2*1-4-7-11-21-13-19(16(20)12-18)17-14(5-2)9-8-10-15(17)6-3;2*8-5-1-4(3-10)2-6(9)7(5)11/h2*8-10H,4-7,11-13H2,1-3H3;2*1-2,11H. The van der Waals surface area contributed by atoms with Crippen molar-refractivity contribution in [3.63, 3.8) is 0 Å². The maximum atomic E-state index is 12.2. The number of amides is 2. The Balaban J connectivity index is 0.000000445. The average molecular weight is 1180 g/mol. The molecule has 0 spiro atoms. The molecule has 2 amide bonds. The number of nitriles is 2. The number of hydrogen-bond acceptors (Lipinski definition) is 8. The number of phenolic OH excluding ortho intramolecular Hbond substituents is 2. The van der Waals surface area contributed by atoms with Crippen LogP contribution in [0.5, 0.6) is 11.5 Å². The van der Waals surface area contributed by atoms with E-state index in [2.05, 4.69) is 130 Å². The lowest BCUT2D eigenvalue weighted by atomic mass is 10.0. The Morgan fingerprint density at radius 2 is 0.859 bits per heavy atom. The molecule has 0 saturated heterocycles. The van der Waals surface area contributed by atoms with Crippen LogP contribution in [0.25, 0.3) is 0 Å². The maximum Gasteiger partial charge on any atom is 0.243 e. The van der Waals surface area contributed by atoms with Crippen LogP contribution < -0.4 is 9.80 Å². The Labute approximate surface area is 423 Å². The fourth-order valence-electron chi connectivity index (χ4n) is 5.85. The van der Waals surface area contributed by atoms with E-state index in [1.807, 2.05) is 24.3 Å². The van der Waals surface area contributed by atoms with Gasteiger partial charge in [-0.1, -0.05) is 90.8 Å². The van der Waals surface area contributed by atoms with E-state index in [0.717, 1.165) is 85.0 Å². The van der Waals surface area contributed by atoms with Gasteiger partial charge in [-0.25, -0.2) is 0 Å². The number of alkyl halides is 2. The number of carbonyl (C=O) groups excluding carboxylic acids is 2. The van der Waals surface area contributed by atoms with E-state index < -0.39 is 0 Å². The minimum atomic E-state index is -0.108. The summed E-state index contributed by atoms with van der Waals surface area (Å²) in [7, 11) is 0. The number of hydrogen-bond donors (Lipinski definition) is 2. The number of unbranched alkanes of at least 4 members (excludes halogenated alkanes) is 2. The minimum absolute atomic E-state index is 0.0294. The molecule has 10 nitrogen and oxygen atoms in total. The van der Waals surface area contributed by atoms with Crippen LogP contribution in [0.15, 0.2) is 78.6 Å². The number of phenols is 2. The van der Waals surface area contributed by atoms with Gasteiger partial charge in [0, 0.05) is 13.2 Å². The van der Waals surface area contributed by atoms with Gasteiger partial charge in [0.2, 0.25) is 11.8 Å². The Hall–Kier alpha value is -3.18. The lowest BCUT2D eigenvalue weighted by Crippen LogP contribution is -2.35. The molecule has 4 aromatic rings. The smallest absolute Gasteiger partial charge is 0.243 e. The van der Waals surface area contributed by atoms with Gasteiger partial charge in [0.1, 0.15) is 36.7 Å². The number of halogens is 6. The van der Waals surface area contributed by atoms with Crippen molar-refractivity contribution in [1.29, 1.82) is 10.5 Å². The third kappa shape index (κ3) is 19.3. The minimum Gasteiger partial charge on any atom is -0.506 e. The second-order valence-corrected chi connectivity index (χ2v) is 17.7. The molecule has 0 aliphatic heterocycles. The summed E-state index contributed by atoms with van der Waals surface area (Å²) < 4.78 is 13.4. The highest BCUT2D eigenvalue weighted by Gasteiger charge is 2.22. The normalized spacial score (nSPS) is 10.2. The van der Waals surface area contributed by atoms with Crippen LogP contribution in [0.3, 0.4) is 0 Å². The molecular weight excluding hydrogens is 1120 g/mol. The van der Waals surface area contributed by atoms with E-state index in [0.29, 0.717) is 42.2 Å². The number of aryl methyl sites for hydroxylation is 4. The largest absolute Gasteiger partial charge is 0.506 e. The molecule has 4 rings (SSSR count). The van der Waals surface area contributed by atoms with E-state index in [1.165, 1.54) is 0 Å². The topological polar surface area (TPSA) is 147 Å². The zero-order valence-corrected chi connectivity index (χ0v) is 45.1. The summed E-state index contributed by atoms with van der Waals surface area (Å²) in [6, 6.07) is 22.5. The summed E-state index contributed by atoms with van der Waals surface area (Å²) in [5, 5.41) is 35.5. The SMILES string of the molecule is CCCCOCN(C(=O)CCl)c1c(CC)cccc1CC.CCCCOCN(C(=O)CCl)c1c(CC)cccc1CC.N#Cc1cc(Br)c(O)c(Br)c1.N#Cc1cc(Br)c(O)c(Br)c1. The lowest BCUT2D eigenvalue weighted by Gasteiger charge is -2.26. The predicted octanol–water partition coefficient (Wildman–Crippen LogP) is 13.9. The zero-order valence-electron chi connectivity index (χ0n) is 37.3. The molecule has 0 unspecified atom stereocenters. The highest BCUT2D eigenvalue weighted by Crippen LogP contribution is 2.34. The van der Waals surface area contributed by atoms with E-state index in [1.54, 1.807) is 34.1 Å². The van der Waals surface area contributed by atoms with E-state index in [9.17, 15) is 19.8 Å². The highest BCUT2D eigenvalue weighted by atomic mass is 79.9. The van der Waals surface area contributed by atoms with Crippen LogP contribution in [0, 0.1) is 22.7 Å². The van der Waals surface area contributed by atoms with Crippen LogP contribution in [0.4, 0.5) is 11.4 Å². The second kappa shape index (κ2) is 33.3. The van der Waals surface area contributed by atoms with Gasteiger partial charge in [-0.05, 0) is 149 Å². The van der Waals surface area contributed by atoms with Gasteiger partial charge >= 0.3 is 0 Å². The first-order valence-corrected chi connectivity index (χ1v) is 25.2. The second-order valence-electron chi connectivity index (χ2n) is 13.8. The van der Waals surface area contributed by atoms with Crippen LogP contribution >= 0.6 is 86.9 Å². The fourth-order valence-corrected chi connectivity index (χ4v) is 8.52. The van der Waals surface area contributed by atoms with Crippen molar-refractivity contribution in [2.45, 2.75) is 92.9 Å².